The Morgan fingerprint density at radius 1 is 1.47 bits per heavy atom. The zero-order valence-corrected chi connectivity index (χ0v) is 8.97. The van der Waals surface area contributed by atoms with Crippen molar-refractivity contribution in [1.29, 1.82) is 0 Å². The average molecular weight is 242 g/mol. The molecule has 17 heavy (non-hydrogen) atoms. The van der Waals surface area contributed by atoms with Gasteiger partial charge in [-0.2, -0.15) is 10.1 Å². The van der Waals surface area contributed by atoms with E-state index in [1.807, 2.05) is 0 Å². The second-order valence-electron chi connectivity index (χ2n) is 4.14. The van der Waals surface area contributed by atoms with Crippen LogP contribution in [0.1, 0.15) is 12.5 Å². The molecule has 1 aliphatic carbocycles. The molecule has 0 aliphatic heterocycles. The molecule has 2 rings (SSSR count). The van der Waals surface area contributed by atoms with Crippen LogP contribution in [0.5, 0.6) is 0 Å². The molecule has 5 N–H and O–H groups in total. The number of aliphatic hydroxyl groups excluding tert-OH is 3. The minimum absolute atomic E-state index is 0.00186. The molecule has 0 radical (unpaired) electrons. The molecule has 0 bridgehead atoms. The lowest BCUT2D eigenvalue weighted by Gasteiger charge is -2.17. The molecule has 1 aliphatic rings. The molecule has 1 fully saturated rings. The van der Waals surface area contributed by atoms with E-state index in [2.05, 4.69) is 10.1 Å². The average Bonchev–Trinajstić information content (AvgIpc) is 2.57. The maximum Gasteiger partial charge on any atom is 0.366 e. The SMILES string of the molecule is Nc1cnn([C@@H]2C[C@H](CO)C(O)C2O)c(=O)n1. The summed E-state index contributed by atoms with van der Waals surface area (Å²) in [5, 5.41) is 32.2. The van der Waals surface area contributed by atoms with E-state index in [1.54, 1.807) is 0 Å². The van der Waals surface area contributed by atoms with Gasteiger partial charge in [-0.15, -0.1) is 0 Å². The van der Waals surface area contributed by atoms with Crippen LogP contribution in [0.25, 0.3) is 0 Å². The number of nitrogens with zero attached hydrogens (tertiary/aromatic N) is 3. The predicted octanol–water partition coefficient (Wildman–Crippen LogP) is -2.50. The number of rotatable bonds is 2. The fourth-order valence-corrected chi connectivity index (χ4v) is 2.11. The standard InChI is InChI=1S/C9H14N4O4/c10-6-2-11-13(9(17)12-6)5-1-4(3-14)7(15)8(5)16/h2,4-5,7-8,14-16H,1,3H2,(H2,10,12,17)/t4-,5-,7?,8?/m1/s1. The van der Waals surface area contributed by atoms with Crippen molar-refractivity contribution in [2.24, 2.45) is 5.92 Å². The first kappa shape index (κ1) is 12.0. The highest BCUT2D eigenvalue weighted by molar-refractivity contribution is 5.19. The molecule has 2 unspecified atom stereocenters. The molecule has 1 aromatic heterocycles. The summed E-state index contributed by atoms with van der Waals surface area (Å²) in [5.41, 5.74) is 4.62. The van der Waals surface area contributed by atoms with Crippen LogP contribution in [0.3, 0.4) is 0 Å². The van der Waals surface area contributed by atoms with Crippen LogP contribution in [-0.2, 0) is 0 Å². The fourth-order valence-electron chi connectivity index (χ4n) is 2.11. The van der Waals surface area contributed by atoms with Crippen LogP contribution in [0.15, 0.2) is 11.0 Å². The third-order valence-electron chi connectivity index (χ3n) is 3.06. The smallest absolute Gasteiger partial charge is 0.366 e. The van der Waals surface area contributed by atoms with Gasteiger partial charge in [-0.1, -0.05) is 0 Å². The number of nitrogen functional groups attached to an aromatic ring is 1. The molecule has 94 valence electrons. The summed E-state index contributed by atoms with van der Waals surface area (Å²) in [5.74, 6) is -0.473. The molecule has 0 aromatic carbocycles. The Kier molecular flexibility index (Phi) is 3.09. The van der Waals surface area contributed by atoms with Crippen molar-refractivity contribution in [3.05, 3.63) is 16.7 Å². The van der Waals surface area contributed by atoms with E-state index in [9.17, 15) is 15.0 Å². The van der Waals surface area contributed by atoms with E-state index in [4.69, 9.17) is 10.8 Å². The van der Waals surface area contributed by atoms with E-state index in [0.717, 1.165) is 4.68 Å². The Bertz CT molecular complexity index is 463. The predicted molar refractivity (Wildman–Crippen MR) is 56.9 cm³/mol. The molecule has 1 saturated carbocycles. The molecule has 8 heteroatoms. The van der Waals surface area contributed by atoms with E-state index in [1.165, 1.54) is 6.20 Å². The van der Waals surface area contributed by atoms with E-state index >= 15 is 0 Å². The lowest BCUT2D eigenvalue weighted by molar-refractivity contribution is -0.00607. The highest BCUT2D eigenvalue weighted by Crippen LogP contribution is 2.33. The van der Waals surface area contributed by atoms with Gasteiger partial charge < -0.3 is 21.1 Å². The van der Waals surface area contributed by atoms with Crippen molar-refractivity contribution in [2.75, 3.05) is 12.3 Å². The van der Waals surface area contributed by atoms with Crippen molar-refractivity contribution < 1.29 is 15.3 Å². The highest BCUT2D eigenvalue weighted by Gasteiger charge is 2.43. The van der Waals surface area contributed by atoms with Gasteiger partial charge in [-0.3, -0.25) is 0 Å². The second-order valence-corrected chi connectivity index (χ2v) is 4.14. The zero-order chi connectivity index (χ0) is 12.6. The maximum absolute atomic E-state index is 11.5. The third kappa shape index (κ3) is 2.02. The summed E-state index contributed by atoms with van der Waals surface area (Å²) >= 11 is 0. The molecule has 8 nitrogen and oxygen atoms in total. The summed E-state index contributed by atoms with van der Waals surface area (Å²) < 4.78 is 0.986. The molecule has 0 spiro atoms. The zero-order valence-electron chi connectivity index (χ0n) is 8.97. The van der Waals surface area contributed by atoms with E-state index in [0.29, 0.717) is 0 Å². The minimum Gasteiger partial charge on any atom is -0.396 e. The van der Waals surface area contributed by atoms with Crippen LogP contribution in [-0.4, -0.2) is 48.9 Å². The molecule has 0 amide bonds. The van der Waals surface area contributed by atoms with Gasteiger partial charge in [0.15, 0.2) is 0 Å². The van der Waals surface area contributed by atoms with Gasteiger partial charge in [-0.05, 0) is 6.42 Å². The first-order valence-corrected chi connectivity index (χ1v) is 5.23. The van der Waals surface area contributed by atoms with Gasteiger partial charge in [0.1, 0.15) is 11.9 Å². The van der Waals surface area contributed by atoms with Crippen LogP contribution < -0.4 is 11.4 Å². The lowest BCUT2D eigenvalue weighted by Crippen LogP contribution is -2.36. The fraction of sp³-hybridized carbons (Fsp3) is 0.667. The largest absolute Gasteiger partial charge is 0.396 e. The first-order valence-electron chi connectivity index (χ1n) is 5.23. The van der Waals surface area contributed by atoms with Crippen molar-refractivity contribution in [3.63, 3.8) is 0 Å². The lowest BCUT2D eigenvalue weighted by atomic mass is 10.1. The van der Waals surface area contributed by atoms with Crippen molar-refractivity contribution in [2.45, 2.75) is 24.7 Å². The number of hydrogen-bond donors (Lipinski definition) is 4. The van der Waals surface area contributed by atoms with Gasteiger partial charge in [-0.25, -0.2) is 9.48 Å². The second kappa shape index (κ2) is 4.40. The summed E-state index contributed by atoms with van der Waals surface area (Å²) in [6, 6.07) is -0.692. The van der Waals surface area contributed by atoms with Gasteiger partial charge in [0, 0.05) is 12.5 Å². The number of anilines is 1. The normalized spacial score (nSPS) is 32.9. The van der Waals surface area contributed by atoms with Crippen molar-refractivity contribution in [1.82, 2.24) is 14.8 Å². The summed E-state index contributed by atoms with van der Waals surface area (Å²) in [4.78, 5) is 15.0. The molecular formula is C9H14N4O4. The highest BCUT2D eigenvalue weighted by atomic mass is 16.3. The Labute approximate surface area is 96.3 Å². The molecule has 4 atom stereocenters. The summed E-state index contributed by atoms with van der Waals surface area (Å²) in [6.45, 7) is -0.258. The minimum atomic E-state index is -1.15. The van der Waals surface area contributed by atoms with Crippen LogP contribution in [0, 0.1) is 5.92 Å². The quantitative estimate of drug-likeness (QED) is 0.450. The Hall–Kier alpha value is -1.51. The van der Waals surface area contributed by atoms with Gasteiger partial charge in [0.05, 0.1) is 18.3 Å². The monoisotopic (exact) mass is 242 g/mol. The Morgan fingerprint density at radius 2 is 2.18 bits per heavy atom. The van der Waals surface area contributed by atoms with Crippen molar-refractivity contribution >= 4 is 5.82 Å². The van der Waals surface area contributed by atoms with Crippen LogP contribution >= 0.6 is 0 Å². The maximum atomic E-state index is 11.5. The number of aliphatic hydroxyl groups is 3. The number of hydrogen-bond acceptors (Lipinski definition) is 7. The number of aromatic nitrogens is 3. The van der Waals surface area contributed by atoms with E-state index in [-0.39, 0.29) is 18.8 Å². The number of nitrogens with two attached hydrogens (primary N) is 1. The van der Waals surface area contributed by atoms with E-state index < -0.39 is 29.9 Å². The topological polar surface area (TPSA) is 134 Å². The molecule has 0 saturated heterocycles. The molecular weight excluding hydrogens is 228 g/mol. The molecule has 1 aromatic rings. The Morgan fingerprint density at radius 3 is 2.71 bits per heavy atom. The van der Waals surface area contributed by atoms with Crippen LogP contribution in [0.4, 0.5) is 5.82 Å². The summed E-state index contributed by atoms with van der Waals surface area (Å²) in [7, 11) is 0. The van der Waals surface area contributed by atoms with Gasteiger partial charge >= 0.3 is 5.69 Å². The third-order valence-corrected chi connectivity index (χ3v) is 3.06. The summed E-state index contributed by atoms with van der Waals surface area (Å²) in [6.07, 6.45) is -0.761. The molecule has 1 heterocycles. The Balaban J connectivity index is 2.32. The van der Waals surface area contributed by atoms with Gasteiger partial charge in [0.25, 0.3) is 0 Å². The first-order chi connectivity index (χ1) is 8.04. The van der Waals surface area contributed by atoms with Crippen LogP contribution in [0.2, 0.25) is 0 Å². The van der Waals surface area contributed by atoms with Crippen molar-refractivity contribution in [3.8, 4) is 0 Å². The van der Waals surface area contributed by atoms with Gasteiger partial charge in [0.2, 0.25) is 0 Å².